The van der Waals surface area contributed by atoms with Gasteiger partial charge in [0.05, 0.1) is 12.1 Å². The van der Waals surface area contributed by atoms with Gasteiger partial charge in [0.15, 0.2) is 5.60 Å². The molecule has 0 radical (unpaired) electrons. The summed E-state index contributed by atoms with van der Waals surface area (Å²) >= 11 is 0. The summed E-state index contributed by atoms with van der Waals surface area (Å²) in [4.78, 5) is 41.1. The third-order valence-electron chi connectivity index (χ3n) is 7.68. The van der Waals surface area contributed by atoms with Crippen LogP contribution in [0.25, 0.3) is 0 Å². The third-order valence-corrected chi connectivity index (χ3v) is 7.68. The van der Waals surface area contributed by atoms with Crippen LogP contribution < -0.4 is 30.5 Å². The third kappa shape index (κ3) is 4.90. The molecule has 2 heterocycles. The molecule has 1 spiro atoms. The number of rotatable bonds is 9. The smallest absolute Gasteiger partial charge is 0.340 e. The number of ether oxygens (including phenoxy) is 2. The lowest BCUT2D eigenvalue weighted by molar-refractivity contribution is -0.119. The number of nitrogens with zero attached hydrogens (tertiary/aromatic N) is 2. The monoisotopic (exact) mass is 557 g/mol. The average molecular weight is 558 g/mol. The van der Waals surface area contributed by atoms with Crippen LogP contribution in [0, 0.1) is 0 Å². The molecule has 0 aromatic heterocycles. The Morgan fingerprint density at radius 1 is 0.829 bits per heavy atom. The Bertz CT molecular complexity index is 1490. The molecule has 0 saturated carbocycles. The SMILES string of the molecule is CCN(CCNC(=O)NC)c1ccc2c(c1)Oc1cc(N(CC)CC(=O)NC)ccc1C21OC(=O)c2ccccc21. The van der Waals surface area contributed by atoms with E-state index in [1.807, 2.05) is 73.3 Å². The Hall–Kier alpha value is -4.73. The first-order valence-electron chi connectivity index (χ1n) is 13.8. The predicted octanol–water partition coefficient (Wildman–Crippen LogP) is 3.58. The van der Waals surface area contributed by atoms with Crippen LogP contribution in [0.2, 0.25) is 0 Å². The van der Waals surface area contributed by atoms with E-state index in [1.54, 1.807) is 20.2 Å². The summed E-state index contributed by atoms with van der Waals surface area (Å²) in [6.45, 7) is 6.62. The van der Waals surface area contributed by atoms with E-state index in [2.05, 4.69) is 20.9 Å². The summed E-state index contributed by atoms with van der Waals surface area (Å²) in [6, 6.07) is 18.9. The van der Waals surface area contributed by atoms with Gasteiger partial charge in [0.25, 0.3) is 0 Å². The number of anilines is 2. The lowest BCUT2D eigenvalue weighted by atomic mass is 9.77. The Balaban J connectivity index is 1.60. The lowest BCUT2D eigenvalue weighted by Gasteiger charge is -2.38. The molecule has 41 heavy (non-hydrogen) atoms. The fraction of sp³-hybridized carbons (Fsp3) is 0.323. The highest BCUT2D eigenvalue weighted by molar-refractivity contribution is 5.97. The number of amides is 3. The van der Waals surface area contributed by atoms with Crippen LogP contribution in [0.4, 0.5) is 16.2 Å². The Kier molecular flexibility index (Phi) is 7.74. The van der Waals surface area contributed by atoms with Crippen LogP contribution in [0.1, 0.15) is 40.9 Å². The zero-order chi connectivity index (χ0) is 29.1. The summed E-state index contributed by atoms with van der Waals surface area (Å²) in [5, 5.41) is 8.06. The van der Waals surface area contributed by atoms with Gasteiger partial charge in [-0.25, -0.2) is 9.59 Å². The van der Waals surface area contributed by atoms with E-state index in [0.29, 0.717) is 43.2 Å². The highest BCUT2D eigenvalue weighted by Crippen LogP contribution is 2.57. The Morgan fingerprint density at radius 3 is 2.07 bits per heavy atom. The van der Waals surface area contributed by atoms with Gasteiger partial charge < -0.3 is 35.2 Å². The largest absolute Gasteiger partial charge is 0.456 e. The molecule has 5 rings (SSSR count). The van der Waals surface area contributed by atoms with E-state index < -0.39 is 11.6 Å². The van der Waals surface area contributed by atoms with Gasteiger partial charge >= 0.3 is 12.0 Å². The van der Waals surface area contributed by atoms with Crippen molar-refractivity contribution in [3.63, 3.8) is 0 Å². The molecule has 2 aliphatic heterocycles. The second-order valence-corrected chi connectivity index (χ2v) is 9.85. The molecule has 0 fully saturated rings. The maximum atomic E-state index is 13.2. The van der Waals surface area contributed by atoms with Crippen LogP contribution >= 0.6 is 0 Å². The number of benzene rings is 3. The molecule has 3 amide bonds. The van der Waals surface area contributed by atoms with E-state index in [0.717, 1.165) is 28.1 Å². The average Bonchev–Trinajstić information content (AvgIpc) is 3.29. The minimum atomic E-state index is -1.18. The van der Waals surface area contributed by atoms with Crippen LogP contribution in [0.5, 0.6) is 11.5 Å². The van der Waals surface area contributed by atoms with Crippen molar-refractivity contribution in [1.29, 1.82) is 0 Å². The summed E-state index contributed by atoms with van der Waals surface area (Å²) in [5.74, 6) is 0.638. The van der Waals surface area contributed by atoms with Crippen molar-refractivity contribution in [2.24, 2.45) is 0 Å². The van der Waals surface area contributed by atoms with Crippen molar-refractivity contribution in [2.75, 3.05) is 56.6 Å². The zero-order valence-electron chi connectivity index (χ0n) is 23.7. The molecule has 10 heteroatoms. The number of likely N-dealkylation sites (N-methyl/N-ethyl adjacent to an activating group) is 3. The molecule has 1 unspecified atom stereocenters. The van der Waals surface area contributed by atoms with Gasteiger partial charge in [-0.1, -0.05) is 18.2 Å². The first-order valence-corrected chi connectivity index (χ1v) is 13.8. The summed E-state index contributed by atoms with van der Waals surface area (Å²) in [5.41, 5.74) is 3.28. The highest BCUT2D eigenvalue weighted by atomic mass is 16.6. The zero-order valence-corrected chi connectivity index (χ0v) is 23.7. The number of esters is 1. The van der Waals surface area contributed by atoms with Crippen LogP contribution in [-0.4, -0.2) is 64.7 Å². The van der Waals surface area contributed by atoms with Gasteiger partial charge in [-0.05, 0) is 44.2 Å². The number of carbonyl (C=O) groups is 3. The Morgan fingerprint density at radius 2 is 1.46 bits per heavy atom. The van der Waals surface area contributed by atoms with E-state index >= 15 is 0 Å². The van der Waals surface area contributed by atoms with Gasteiger partial charge in [-0.15, -0.1) is 0 Å². The van der Waals surface area contributed by atoms with E-state index in [4.69, 9.17) is 9.47 Å². The van der Waals surface area contributed by atoms with Gasteiger partial charge in [-0.3, -0.25) is 4.79 Å². The van der Waals surface area contributed by atoms with Gasteiger partial charge in [0, 0.05) is 80.5 Å². The molecule has 0 aliphatic carbocycles. The van der Waals surface area contributed by atoms with Crippen LogP contribution in [0.3, 0.4) is 0 Å². The van der Waals surface area contributed by atoms with E-state index in [1.165, 1.54) is 0 Å². The minimum absolute atomic E-state index is 0.0961. The van der Waals surface area contributed by atoms with Gasteiger partial charge in [0.1, 0.15) is 11.5 Å². The molecule has 0 saturated heterocycles. The molecule has 2 aliphatic rings. The van der Waals surface area contributed by atoms with Crippen molar-refractivity contribution in [3.05, 3.63) is 82.9 Å². The van der Waals surface area contributed by atoms with Crippen molar-refractivity contribution in [3.8, 4) is 11.5 Å². The predicted molar refractivity (Wildman–Crippen MR) is 157 cm³/mol. The summed E-state index contributed by atoms with van der Waals surface area (Å²) in [7, 11) is 3.20. The van der Waals surface area contributed by atoms with Crippen molar-refractivity contribution in [1.82, 2.24) is 16.0 Å². The molecular weight excluding hydrogens is 522 g/mol. The van der Waals surface area contributed by atoms with Gasteiger partial charge in [0.2, 0.25) is 5.91 Å². The highest BCUT2D eigenvalue weighted by Gasteiger charge is 2.53. The molecule has 0 bridgehead atoms. The molecular formula is C31H35N5O5. The van der Waals surface area contributed by atoms with Crippen molar-refractivity contribution < 1.29 is 23.9 Å². The molecule has 3 N–H and O–H groups in total. The molecule has 1 atom stereocenters. The number of carbonyl (C=O) groups excluding carboxylic acids is 3. The van der Waals surface area contributed by atoms with Crippen molar-refractivity contribution >= 4 is 29.3 Å². The van der Waals surface area contributed by atoms with E-state index in [9.17, 15) is 14.4 Å². The standard InChI is InChI=1S/C31H35N5O5/c1-5-35(16-15-34-30(39)33-4)20-11-13-24-26(17-20)40-27-18-21(36(6-2)19-28(37)32-3)12-14-25(27)31(24)23-10-8-7-9-22(23)29(38)41-31/h7-14,17-18H,5-6,15-16,19H2,1-4H3,(H,32,37)(H2,33,34,39). The number of hydrogen-bond donors (Lipinski definition) is 3. The quantitative estimate of drug-likeness (QED) is 0.345. The fourth-order valence-electron chi connectivity index (χ4n) is 5.55. The Labute approximate surface area is 239 Å². The van der Waals surface area contributed by atoms with E-state index in [-0.39, 0.29) is 18.5 Å². The fourth-order valence-corrected chi connectivity index (χ4v) is 5.55. The lowest BCUT2D eigenvalue weighted by Crippen LogP contribution is -2.39. The second-order valence-electron chi connectivity index (χ2n) is 9.85. The summed E-state index contributed by atoms with van der Waals surface area (Å²) < 4.78 is 12.8. The first-order chi connectivity index (χ1) is 19.9. The maximum Gasteiger partial charge on any atom is 0.340 e. The number of nitrogens with one attached hydrogen (secondary N) is 3. The van der Waals surface area contributed by atoms with Crippen LogP contribution in [0.15, 0.2) is 60.7 Å². The topological polar surface area (TPSA) is 112 Å². The number of hydrogen-bond acceptors (Lipinski definition) is 7. The maximum absolute atomic E-state index is 13.2. The summed E-state index contributed by atoms with van der Waals surface area (Å²) in [6.07, 6.45) is 0. The molecule has 3 aromatic carbocycles. The molecule has 3 aromatic rings. The minimum Gasteiger partial charge on any atom is -0.456 e. The normalized spacial score (nSPS) is 16.0. The second kappa shape index (κ2) is 11.4. The van der Waals surface area contributed by atoms with Gasteiger partial charge in [-0.2, -0.15) is 0 Å². The first kappa shape index (κ1) is 27.8. The molecule has 214 valence electrons. The molecule has 10 nitrogen and oxygen atoms in total. The number of urea groups is 1. The van der Waals surface area contributed by atoms with Crippen LogP contribution in [-0.2, 0) is 15.1 Å². The van der Waals surface area contributed by atoms with Crippen molar-refractivity contribution in [2.45, 2.75) is 19.4 Å². The number of fused-ring (bicyclic) bond motifs is 6.